The Balaban J connectivity index is 1.66. The molecule has 1 amide bonds. The predicted molar refractivity (Wildman–Crippen MR) is 64.6 cm³/mol. The van der Waals surface area contributed by atoms with Crippen LogP contribution in [-0.4, -0.2) is 36.4 Å². The summed E-state index contributed by atoms with van der Waals surface area (Å²) < 4.78 is 5.14. The Kier molecular flexibility index (Phi) is 4.40. The number of ether oxygens (including phenoxy) is 1. The molecule has 1 saturated heterocycles. The SMILES string of the molecule is O=C(CC1CCCCC1)NCC1(O)CCOC1. The third-order valence-corrected chi connectivity index (χ3v) is 3.90. The summed E-state index contributed by atoms with van der Waals surface area (Å²) in [6.07, 6.45) is 7.44. The van der Waals surface area contributed by atoms with E-state index in [0.29, 0.717) is 38.5 Å². The van der Waals surface area contributed by atoms with Gasteiger partial charge in [-0.1, -0.05) is 19.3 Å². The van der Waals surface area contributed by atoms with Gasteiger partial charge in [0.2, 0.25) is 5.91 Å². The van der Waals surface area contributed by atoms with E-state index in [0.717, 1.165) is 0 Å². The molecule has 1 atom stereocenters. The molecular weight excluding hydrogens is 218 g/mol. The normalized spacial score (nSPS) is 30.4. The fourth-order valence-electron chi connectivity index (χ4n) is 2.72. The second-order valence-electron chi connectivity index (χ2n) is 5.51. The molecule has 2 N–H and O–H groups in total. The number of nitrogens with one attached hydrogen (secondary N) is 1. The zero-order valence-electron chi connectivity index (χ0n) is 10.4. The lowest BCUT2D eigenvalue weighted by Gasteiger charge is -2.23. The Hall–Kier alpha value is -0.610. The van der Waals surface area contributed by atoms with Crippen LogP contribution in [-0.2, 0) is 9.53 Å². The molecule has 1 aliphatic carbocycles. The summed E-state index contributed by atoms with van der Waals surface area (Å²) in [5, 5.41) is 12.8. The molecule has 2 rings (SSSR count). The van der Waals surface area contributed by atoms with Gasteiger partial charge in [0.15, 0.2) is 0 Å². The van der Waals surface area contributed by atoms with Crippen molar-refractivity contribution in [2.24, 2.45) is 5.92 Å². The summed E-state index contributed by atoms with van der Waals surface area (Å²) >= 11 is 0. The first-order valence-corrected chi connectivity index (χ1v) is 6.75. The van der Waals surface area contributed by atoms with Gasteiger partial charge < -0.3 is 15.2 Å². The van der Waals surface area contributed by atoms with E-state index in [1.807, 2.05) is 0 Å². The van der Waals surface area contributed by atoms with Crippen molar-refractivity contribution in [3.05, 3.63) is 0 Å². The summed E-state index contributed by atoms with van der Waals surface area (Å²) in [4.78, 5) is 11.7. The Bertz CT molecular complexity index is 255. The third-order valence-electron chi connectivity index (χ3n) is 3.90. The minimum Gasteiger partial charge on any atom is -0.386 e. The number of amides is 1. The molecule has 17 heavy (non-hydrogen) atoms. The number of hydrogen-bond acceptors (Lipinski definition) is 3. The summed E-state index contributed by atoms with van der Waals surface area (Å²) in [7, 11) is 0. The molecule has 0 radical (unpaired) electrons. The maximum atomic E-state index is 11.7. The first-order chi connectivity index (χ1) is 8.18. The number of carbonyl (C=O) groups is 1. The summed E-state index contributed by atoms with van der Waals surface area (Å²) in [6, 6.07) is 0. The van der Waals surface area contributed by atoms with Crippen molar-refractivity contribution in [2.45, 2.75) is 50.5 Å². The highest BCUT2D eigenvalue weighted by Crippen LogP contribution is 2.26. The lowest BCUT2D eigenvalue weighted by molar-refractivity contribution is -0.123. The molecule has 0 bridgehead atoms. The van der Waals surface area contributed by atoms with Gasteiger partial charge in [-0.15, -0.1) is 0 Å². The Labute approximate surface area is 103 Å². The Morgan fingerprint density at radius 2 is 2.12 bits per heavy atom. The van der Waals surface area contributed by atoms with E-state index in [4.69, 9.17) is 4.74 Å². The molecule has 4 heteroatoms. The Morgan fingerprint density at radius 1 is 1.35 bits per heavy atom. The first kappa shape index (κ1) is 12.8. The molecule has 1 aliphatic heterocycles. The molecule has 0 spiro atoms. The number of carbonyl (C=O) groups excluding carboxylic acids is 1. The van der Waals surface area contributed by atoms with Gasteiger partial charge >= 0.3 is 0 Å². The van der Waals surface area contributed by atoms with Crippen LogP contribution in [0.5, 0.6) is 0 Å². The van der Waals surface area contributed by atoms with Gasteiger partial charge in [-0.25, -0.2) is 0 Å². The van der Waals surface area contributed by atoms with Crippen molar-refractivity contribution in [3.63, 3.8) is 0 Å². The second-order valence-corrected chi connectivity index (χ2v) is 5.51. The molecule has 1 unspecified atom stereocenters. The van der Waals surface area contributed by atoms with Crippen LogP contribution in [0.25, 0.3) is 0 Å². The molecule has 2 aliphatic rings. The molecule has 0 aromatic carbocycles. The van der Waals surface area contributed by atoms with Crippen LogP contribution in [0.15, 0.2) is 0 Å². The van der Waals surface area contributed by atoms with Crippen LogP contribution in [0.3, 0.4) is 0 Å². The molecule has 4 nitrogen and oxygen atoms in total. The lowest BCUT2D eigenvalue weighted by atomic mass is 9.87. The van der Waals surface area contributed by atoms with Crippen molar-refractivity contribution in [1.29, 1.82) is 0 Å². The minimum absolute atomic E-state index is 0.0808. The number of rotatable bonds is 4. The van der Waals surface area contributed by atoms with Crippen LogP contribution in [0.2, 0.25) is 0 Å². The summed E-state index contributed by atoms with van der Waals surface area (Å²) in [5.41, 5.74) is -0.831. The van der Waals surface area contributed by atoms with Crippen LogP contribution in [0, 0.1) is 5.92 Å². The third kappa shape index (κ3) is 3.96. The van der Waals surface area contributed by atoms with Gasteiger partial charge in [-0.05, 0) is 18.8 Å². The van der Waals surface area contributed by atoms with Crippen molar-refractivity contribution < 1.29 is 14.6 Å². The maximum Gasteiger partial charge on any atom is 0.220 e. The van der Waals surface area contributed by atoms with Gasteiger partial charge in [-0.3, -0.25) is 4.79 Å². The van der Waals surface area contributed by atoms with E-state index < -0.39 is 5.60 Å². The van der Waals surface area contributed by atoms with Crippen LogP contribution in [0.4, 0.5) is 0 Å². The standard InChI is InChI=1S/C13H23NO3/c15-12(8-11-4-2-1-3-5-11)14-9-13(16)6-7-17-10-13/h11,16H,1-10H2,(H,14,15). The highest BCUT2D eigenvalue weighted by molar-refractivity contribution is 5.76. The topological polar surface area (TPSA) is 58.6 Å². The fourth-order valence-corrected chi connectivity index (χ4v) is 2.72. The monoisotopic (exact) mass is 241 g/mol. The van der Waals surface area contributed by atoms with E-state index in [1.165, 1.54) is 32.1 Å². The average molecular weight is 241 g/mol. The molecule has 2 fully saturated rings. The van der Waals surface area contributed by atoms with E-state index in [2.05, 4.69) is 5.32 Å². The number of hydrogen-bond donors (Lipinski definition) is 2. The second kappa shape index (κ2) is 5.83. The summed E-state index contributed by atoms with van der Waals surface area (Å²) in [5.74, 6) is 0.635. The first-order valence-electron chi connectivity index (χ1n) is 6.75. The maximum absolute atomic E-state index is 11.7. The largest absolute Gasteiger partial charge is 0.386 e. The smallest absolute Gasteiger partial charge is 0.220 e. The highest BCUT2D eigenvalue weighted by Gasteiger charge is 2.32. The van der Waals surface area contributed by atoms with Crippen molar-refractivity contribution in [2.75, 3.05) is 19.8 Å². The average Bonchev–Trinajstić information content (AvgIpc) is 2.76. The predicted octanol–water partition coefficient (Wildman–Crippen LogP) is 1.22. The quantitative estimate of drug-likeness (QED) is 0.778. The van der Waals surface area contributed by atoms with Crippen LogP contribution < -0.4 is 5.32 Å². The molecule has 98 valence electrons. The van der Waals surface area contributed by atoms with E-state index in [1.54, 1.807) is 0 Å². The zero-order valence-corrected chi connectivity index (χ0v) is 10.4. The van der Waals surface area contributed by atoms with Crippen LogP contribution >= 0.6 is 0 Å². The van der Waals surface area contributed by atoms with Crippen molar-refractivity contribution >= 4 is 5.91 Å². The van der Waals surface area contributed by atoms with Gasteiger partial charge in [0.05, 0.1) is 6.61 Å². The summed E-state index contributed by atoms with van der Waals surface area (Å²) in [6.45, 7) is 1.27. The van der Waals surface area contributed by atoms with Crippen molar-refractivity contribution in [3.8, 4) is 0 Å². The molecular formula is C13H23NO3. The fraction of sp³-hybridized carbons (Fsp3) is 0.923. The van der Waals surface area contributed by atoms with Gasteiger partial charge in [0.1, 0.15) is 5.60 Å². The van der Waals surface area contributed by atoms with E-state index in [-0.39, 0.29) is 5.91 Å². The van der Waals surface area contributed by atoms with Gasteiger partial charge in [0.25, 0.3) is 0 Å². The molecule has 1 heterocycles. The minimum atomic E-state index is -0.831. The van der Waals surface area contributed by atoms with Gasteiger partial charge in [0, 0.05) is 26.0 Å². The molecule has 0 aromatic rings. The number of aliphatic hydroxyl groups is 1. The van der Waals surface area contributed by atoms with Gasteiger partial charge in [-0.2, -0.15) is 0 Å². The van der Waals surface area contributed by atoms with Crippen LogP contribution in [0.1, 0.15) is 44.9 Å². The van der Waals surface area contributed by atoms with E-state index in [9.17, 15) is 9.90 Å². The molecule has 0 aromatic heterocycles. The highest BCUT2D eigenvalue weighted by atomic mass is 16.5. The zero-order chi connectivity index (χ0) is 12.1. The lowest BCUT2D eigenvalue weighted by Crippen LogP contribution is -2.43. The molecule has 1 saturated carbocycles. The van der Waals surface area contributed by atoms with Crippen molar-refractivity contribution in [1.82, 2.24) is 5.32 Å². The Morgan fingerprint density at radius 3 is 2.76 bits per heavy atom. The van der Waals surface area contributed by atoms with E-state index >= 15 is 0 Å².